The molecular formula is C19H24N4O3S. The summed E-state index contributed by atoms with van der Waals surface area (Å²) < 4.78 is 11.1. The van der Waals surface area contributed by atoms with Crippen molar-refractivity contribution in [1.29, 1.82) is 0 Å². The number of ether oxygens (including phenoxy) is 1. The SMILES string of the molecule is O=C(CCC(=O)N1CCN(c2nsc3ccccc23)CC1)N1CCOCC1. The first-order valence-corrected chi connectivity index (χ1v) is 10.2. The van der Waals surface area contributed by atoms with Gasteiger partial charge in [-0.15, -0.1) is 0 Å². The van der Waals surface area contributed by atoms with Gasteiger partial charge in [0.05, 0.1) is 17.9 Å². The van der Waals surface area contributed by atoms with Crippen molar-refractivity contribution in [2.75, 3.05) is 57.4 Å². The van der Waals surface area contributed by atoms with E-state index in [4.69, 9.17) is 4.74 Å². The van der Waals surface area contributed by atoms with Gasteiger partial charge in [0.25, 0.3) is 0 Å². The molecule has 0 bridgehead atoms. The predicted molar refractivity (Wildman–Crippen MR) is 105 cm³/mol. The van der Waals surface area contributed by atoms with Gasteiger partial charge in [-0.25, -0.2) is 0 Å². The van der Waals surface area contributed by atoms with Crippen LogP contribution in [0.15, 0.2) is 24.3 Å². The normalized spacial score (nSPS) is 18.1. The number of carbonyl (C=O) groups is 2. The molecule has 8 heteroatoms. The van der Waals surface area contributed by atoms with Gasteiger partial charge in [0.15, 0.2) is 0 Å². The zero-order valence-corrected chi connectivity index (χ0v) is 16.1. The van der Waals surface area contributed by atoms with Crippen molar-refractivity contribution in [3.05, 3.63) is 24.3 Å². The molecule has 0 radical (unpaired) electrons. The first kappa shape index (κ1) is 18.2. The minimum absolute atomic E-state index is 0.0548. The van der Waals surface area contributed by atoms with Crippen molar-refractivity contribution in [3.8, 4) is 0 Å². The Hall–Kier alpha value is -2.19. The molecule has 2 aromatic rings. The third-order valence-corrected chi connectivity index (χ3v) is 6.02. The summed E-state index contributed by atoms with van der Waals surface area (Å²) in [6, 6.07) is 8.25. The number of aromatic nitrogens is 1. The van der Waals surface area contributed by atoms with Gasteiger partial charge in [-0.3, -0.25) is 9.59 Å². The lowest BCUT2D eigenvalue weighted by Crippen LogP contribution is -2.49. The van der Waals surface area contributed by atoms with E-state index >= 15 is 0 Å². The van der Waals surface area contributed by atoms with E-state index in [1.807, 2.05) is 17.0 Å². The molecular weight excluding hydrogens is 364 g/mol. The number of piperazine rings is 1. The highest BCUT2D eigenvalue weighted by atomic mass is 32.1. The fourth-order valence-corrected chi connectivity index (χ4v) is 4.41. The highest BCUT2D eigenvalue weighted by Crippen LogP contribution is 2.29. The predicted octanol–water partition coefficient (Wildman–Crippen LogP) is 1.58. The van der Waals surface area contributed by atoms with Crippen LogP contribution in [0.25, 0.3) is 10.1 Å². The van der Waals surface area contributed by atoms with Gasteiger partial charge >= 0.3 is 0 Å². The highest BCUT2D eigenvalue weighted by Gasteiger charge is 2.25. The number of hydrogen-bond acceptors (Lipinski definition) is 6. The summed E-state index contributed by atoms with van der Waals surface area (Å²) in [5, 5.41) is 1.18. The third kappa shape index (κ3) is 4.06. The molecule has 0 spiro atoms. The molecule has 2 aliphatic rings. The van der Waals surface area contributed by atoms with Crippen LogP contribution in [0.2, 0.25) is 0 Å². The average Bonchev–Trinajstić information content (AvgIpc) is 3.16. The van der Waals surface area contributed by atoms with Gasteiger partial charge in [0.2, 0.25) is 11.8 Å². The van der Waals surface area contributed by atoms with Crippen LogP contribution in [-0.4, -0.2) is 78.5 Å². The molecule has 3 heterocycles. The quantitative estimate of drug-likeness (QED) is 0.796. The van der Waals surface area contributed by atoms with Crippen molar-refractivity contribution >= 4 is 39.3 Å². The minimum atomic E-state index is 0.0548. The largest absolute Gasteiger partial charge is 0.378 e. The monoisotopic (exact) mass is 388 g/mol. The van der Waals surface area contributed by atoms with E-state index in [9.17, 15) is 9.59 Å². The molecule has 0 N–H and O–H groups in total. The van der Waals surface area contributed by atoms with E-state index in [1.165, 1.54) is 21.6 Å². The van der Waals surface area contributed by atoms with Crippen LogP contribution < -0.4 is 4.90 Å². The van der Waals surface area contributed by atoms with Gasteiger partial charge in [-0.1, -0.05) is 12.1 Å². The summed E-state index contributed by atoms with van der Waals surface area (Å²) in [6.07, 6.45) is 0.575. The highest BCUT2D eigenvalue weighted by molar-refractivity contribution is 7.13. The van der Waals surface area contributed by atoms with Crippen molar-refractivity contribution in [2.45, 2.75) is 12.8 Å². The molecule has 2 saturated heterocycles. The van der Waals surface area contributed by atoms with Crippen LogP contribution >= 0.6 is 11.5 Å². The molecule has 0 unspecified atom stereocenters. The van der Waals surface area contributed by atoms with Gasteiger partial charge < -0.3 is 19.4 Å². The van der Waals surface area contributed by atoms with Crippen LogP contribution in [0.3, 0.4) is 0 Å². The third-order valence-electron chi connectivity index (χ3n) is 5.21. The zero-order valence-electron chi connectivity index (χ0n) is 15.3. The Morgan fingerprint density at radius 3 is 2.26 bits per heavy atom. The van der Waals surface area contributed by atoms with Crippen molar-refractivity contribution in [2.24, 2.45) is 0 Å². The van der Waals surface area contributed by atoms with E-state index in [1.54, 1.807) is 4.90 Å². The molecule has 0 aliphatic carbocycles. The molecule has 4 rings (SSSR count). The number of amides is 2. The molecule has 0 atom stereocenters. The van der Waals surface area contributed by atoms with E-state index in [2.05, 4.69) is 21.4 Å². The van der Waals surface area contributed by atoms with Crippen LogP contribution in [0.1, 0.15) is 12.8 Å². The second-order valence-corrected chi connectivity index (χ2v) is 7.67. The minimum Gasteiger partial charge on any atom is -0.378 e. The Morgan fingerprint density at radius 1 is 0.926 bits per heavy atom. The lowest BCUT2D eigenvalue weighted by atomic mass is 10.2. The van der Waals surface area contributed by atoms with Crippen LogP contribution in [0, 0.1) is 0 Å². The summed E-state index contributed by atoms with van der Waals surface area (Å²) in [5.74, 6) is 1.14. The van der Waals surface area contributed by atoms with Crippen molar-refractivity contribution in [1.82, 2.24) is 14.2 Å². The fraction of sp³-hybridized carbons (Fsp3) is 0.526. The first-order chi connectivity index (χ1) is 13.2. The summed E-state index contributed by atoms with van der Waals surface area (Å²) >= 11 is 1.52. The van der Waals surface area contributed by atoms with Gasteiger partial charge in [0, 0.05) is 57.5 Å². The zero-order chi connectivity index (χ0) is 18.6. The number of rotatable bonds is 4. The Kier molecular flexibility index (Phi) is 5.54. The fourth-order valence-electron chi connectivity index (χ4n) is 3.61. The number of benzene rings is 1. The Labute approximate surface area is 162 Å². The number of morpholine rings is 1. The van der Waals surface area contributed by atoms with E-state index in [-0.39, 0.29) is 24.7 Å². The summed E-state index contributed by atoms with van der Waals surface area (Å²) in [6.45, 7) is 5.35. The number of anilines is 1. The summed E-state index contributed by atoms with van der Waals surface area (Å²) in [4.78, 5) is 30.6. The molecule has 2 fully saturated rings. The van der Waals surface area contributed by atoms with E-state index < -0.39 is 0 Å². The lowest BCUT2D eigenvalue weighted by molar-refractivity contribution is -0.139. The smallest absolute Gasteiger partial charge is 0.223 e. The topological polar surface area (TPSA) is 66.0 Å². The van der Waals surface area contributed by atoms with Gasteiger partial charge in [-0.05, 0) is 23.7 Å². The van der Waals surface area contributed by atoms with E-state index in [0.717, 1.165) is 18.9 Å². The second-order valence-electron chi connectivity index (χ2n) is 6.86. The molecule has 0 saturated carbocycles. The Balaban J connectivity index is 1.27. The summed E-state index contributed by atoms with van der Waals surface area (Å²) in [5.41, 5.74) is 0. The molecule has 7 nitrogen and oxygen atoms in total. The summed E-state index contributed by atoms with van der Waals surface area (Å²) in [7, 11) is 0. The maximum atomic E-state index is 12.5. The average molecular weight is 388 g/mol. The Morgan fingerprint density at radius 2 is 1.56 bits per heavy atom. The van der Waals surface area contributed by atoms with Crippen LogP contribution in [0.5, 0.6) is 0 Å². The number of hydrogen-bond donors (Lipinski definition) is 0. The van der Waals surface area contributed by atoms with Crippen LogP contribution in [-0.2, 0) is 14.3 Å². The number of carbonyl (C=O) groups excluding carboxylic acids is 2. The molecule has 2 amide bonds. The van der Waals surface area contributed by atoms with Crippen molar-refractivity contribution in [3.63, 3.8) is 0 Å². The Bertz CT molecular complexity index is 810. The molecule has 1 aromatic heterocycles. The maximum Gasteiger partial charge on any atom is 0.223 e. The molecule has 1 aromatic carbocycles. The second kappa shape index (κ2) is 8.22. The van der Waals surface area contributed by atoms with Crippen LogP contribution in [0.4, 0.5) is 5.82 Å². The maximum absolute atomic E-state index is 12.5. The lowest BCUT2D eigenvalue weighted by Gasteiger charge is -2.35. The molecule has 2 aliphatic heterocycles. The number of nitrogens with zero attached hydrogens (tertiary/aromatic N) is 4. The van der Waals surface area contributed by atoms with Crippen molar-refractivity contribution < 1.29 is 14.3 Å². The molecule has 27 heavy (non-hydrogen) atoms. The number of fused-ring (bicyclic) bond motifs is 1. The molecule has 144 valence electrons. The van der Waals surface area contributed by atoms with Gasteiger partial charge in [-0.2, -0.15) is 4.37 Å². The van der Waals surface area contributed by atoms with E-state index in [0.29, 0.717) is 39.4 Å². The van der Waals surface area contributed by atoms with Gasteiger partial charge in [0.1, 0.15) is 5.82 Å². The standard InChI is InChI=1S/C19H24N4O3S/c24-17(5-6-18(25)22-11-13-26-14-12-22)21-7-9-23(10-8-21)19-15-3-1-2-4-16(15)27-20-19/h1-4H,5-14H2. The first-order valence-electron chi connectivity index (χ1n) is 9.45.